The van der Waals surface area contributed by atoms with Gasteiger partial charge in [-0.2, -0.15) is 17.5 Å². The van der Waals surface area contributed by atoms with Crippen molar-refractivity contribution in [2.75, 3.05) is 13.6 Å². The van der Waals surface area contributed by atoms with Gasteiger partial charge in [-0.15, -0.1) is 0 Å². The van der Waals surface area contributed by atoms with Gasteiger partial charge in [-0.3, -0.25) is 4.79 Å². The Labute approximate surface area is 202 Å². The van der Waals surface area contributed by atoms with E-state index in [-0.39, 0.29) is 49.3 Å². The lowest BCUT2D eigenvalue weighted by Crippen LogP contribution is -2.50. The van der Waals surface area contributed by atoms with E-state index >= 15 is 0 Å². The standard InChI is InChI=1S/C23H31F5N2O4S/c1-15-6-7-20(19(13-15)34-16(2)14-23(26,27)28)35(32,33)30-12-4-5-18(30)21(31)29(3)17-8-10-22(24,25)11-9-17/h6-7,13,16-18H,4-5,8-12,14H2,1-3H3/t16-,18+/m1/s1. The molecule has 6 nitrogen and oxygen atoms in total. The Balaban J connectivity index is 1.83. The number of benzene rings is 1. The molecule has 0 N–H and O–H groups in total. The lowest BCUT2D eigenvalue weighted by Gasteiger charge is -2.37. The third kappa shape index (κ3) is 6.63. The van der Waals surface area contributed by atoms with Crippen molar-refractivity contribution in [1.29, 1.82) is 0 Å². The van der Waals surface area contributed by atoms with Crippen molar-refractivity contribution in [2.45, 2.75) is 94.0 Å². The van der Waals surface area contributed by atoms with E-state index in [0.717, 1.165) is 4.31 Å². The van der Waals surface area contributed by atoms with Crippen LogP contribution in [-0.2, 0) is 14.8 Å². The molecule has 1 aliphatic heterocycles. The van der Waals surface area contributed by atoms with Gasteiger partial charge in [0.2, 0.25) is 21.9 Å². The van der Waals surface area contributed by atoms with Crippen LogP contribution < -0.4 is 4.74 Å². The predicted octanol–water partition coefficient (Wildman–Crippen LogP) is 4.90. The van der Waals surface area contributed by atoms with E-state index in [9.17, 15) is 35.2 Å². The highest BCUT2D eigenvalue weighted by Gasteiger charge is 2.44. The SMILES string of the molecule is Cc1ccc(S(=O)(=O)N2CCC[C@H]2C(=O)N(C)C2CCC(F)(F)CC2)c(O[C@H](C)CC(F)(F)F)c1. The Hall–Kier alpha value is -1.95. The Morgan fingerprint density at radius 2 is 1.86 bits per heavy atom. The highest BCUT2D eigenvalue weighted by Crippen LogP contribution is 2.37. The minimum absolute atomic E-state index is 0.0563. The van der Waals surface area contributed by atoms with Crippen LogP contribution in [0.4, 0.5) is 22.0 Å². The number of hydrogen-bond donors (Lipinski definition) is 0. The van der Waals surface area contributed by atoms with Crippen molar-refractivity contribution in [3.8, 4) is 5.75 Å². The van der Waals surface area contributed by atoms with Crippen LogP contribution in [0.15, 0.2) is 23.1 Å². The van der Waals surface area contributed by atoms with Gasteiger partial charge < -0.3 is 9.64 Å². The maximum absolute atomic E-state index is 13.6. The molecule has 0 radical (unpaired) electrons. The Kier molecular flexibility index (Phi) is 8.05. The molecule has 1 amide bonds. The smallest absolute Gasteiger partial charge is 0.392 e. The molecule has 198 valence electrons. The Morgan fingerprint density at radius 3 is 2.46 bits per heavy atom. The first-order valence-corrected chi connectivity index (χ1v) is 13.1. The molecule has 3 rings (SSSR count). The predicted molar refractivity (Wildman–Crippen MR) is 119 cm³/mol. The maximum Gasteiger partial charge on any atom is 0.392 e. The second-order valence-electron chi connectivity index (χ2n) is 9.51. The maximum atomic E-state index is 13.6. The van der Waals surface area contributed by atoms with Gasteiger partial charge in [0.1, 0.15) is 22.8 Å². The van der Waals surface area contributed by atoms with Gasteiger partial charge in [-0.1, -0.05) is 6.07 Å². The summed E-state index contributed by atoms with van der Waals surface area (Å²) in [6, 6.07) is 2.71. The monoisotopic (exact) mass is 526 g/mol. The molecule has 2 aliphatic rings. The number of carbonyl (C=O) groups excluding carboxylic acids is 1. The molecule has 1 heterocycles. The number of aryl methyl sites for hydroxylation is 1. The summed E-state index contributed by atoms with van der Waals surface area (Å²) in [5.41, 5.74) is 0.598. The summed E-state index contributed by atoms with van der Waals surface area (Å²) in [5, 5.41) is 0. The molecule has 1 saturated heterocycles. The number of likely N-dealkylation sites (N-methyl/N-ethyl adjacent to an activating group) is 1. The quantitative estimate of drug-likeness (QED) is 0.474. The van der Waals surface area contributed by atoms with Crippen molar-refractivity contribution in [3.63, 3.8) is 0 Å². The van der Waals surface area contributed by atoms with Gasteiger partial charge in [0, 0.05) is 32.5 Å². The molecule has 1 saturated carbocycles. The number of nitrogens with zero attached hydrogens (tertiary/aromatic N) is 2. The molecule has 1 aromatic rings. The Morgan fingerprint density at radius 1 is 1.23 bits per heavy atom. The van der Waals surface area contributed by atoms with Crippen LogP contribution >= 0.6 is 0 Å². The molecule has 12 heteroatoms. The molecule has 2 atom stereocenters. The topological polar surface area (TPSA) is 66.9 Å². The van der Waals surface area contributed by atoms with Crippen LogP contribution in [-0.4, -0.2) is 67.4 Å². The van der Waals surface area contributed by atoms with Crippen molar-refractivity contribution in [1.82, 2.24) is 9.21 Å². The van der Waals surface area contributed by atoms with Crippen molar-refractivity contribution >= 4 is 15.9 Å². The van der Waals surface area contributed by atoms with E-state index in [1.165, 1.54) is 37.1 Å². The van der Waals surface area contributed by atoms with E-state index in [4.69, 9.17) is 4.74 Å². The van der Waals surface area contributed by atoms with Crippen LogP contribution in [0.5, 0.6) is 5.75 Å². The highest BCUT2D eigenvalue weighted by atomic mass is 32.2. The summed E-state index contributed by atoms with van der Waals surface area (Å²) >= 11 is 0. The first-order valence-electron chi connectivity index (χ1n) is 11.6. The fraction of sp³-hybridized carbons (Fsp3) is 0.696. The number of hydrogen-bond acceptors (Lipinski definition) is 4. The number of halogens is 5. The van der Waals surface area contributed by atoms with E-state index in [1.54, 1.807) is 6.92 Å². The van der Waals surface area contributed by atoms with Gasteiger partial charge in [-0.05, 0) is 57.2 Å². The average Bonchev–Trinajstić information content (AvgIpc) is 3.22. The molecule has 0 spiro atoms. The van der Waals surface area contributed by atoms with Crippen molar-refractivity contribution in [3.05, 3.63) is 23.8 Å². The minimum atomic E-state index is -4.48. The summed E-state index contributed by atoms with van der Waals surface area (Å²) in [7, 11) is -2.79. The van der Waals surface area contributed by atoms with E-state index in [1.807, 2.05) is 0 Å². The normalized spacial score (nSPS) is 22.7. The molecular formula is C23H31F5N2O4S. The zero-order valence-electron chi connectivity index (χ0n) is 19.9. The number of sulfonamides is 1. The van der Waals surface area contributed by atoms with Crippen molar-refractivity contribution < 1.29 is 39.9 Å². The third-order valence-electron chi connectivity index (χ3n) is 6.60. The number of alkyl halides is 5. The van der Waals surface area contributed by atoms with Gasteiger partial charge >= 0.3 is 6.18 Å². The lowest BCUT2D eigenvalue weighted by atomic mass is 9.91. The summed E-state index contributed by atoms with van der Waals surface area (Å²) in [5.74, 6) is -3.43. The molecule has 0 aromatic heterocycles. The fourth-order valence-electron chi connectivity index (χ4n) is 4.73. The molecule has 0 unspecified atom stereocenters. The van der Waals surface area contributed by atoms with E-state index in [2.05, 4.69) is 0 Å². The fourth-order valence-corrected chi connectivity index (χ4v) is 6.49. The van der Waals surface area contributed by atoms with Gasteiger partial charge in [-0.25, -0.2) is 17.2 Å². The molecule has 1 aromatic carbocycles. The van der Waals surface area contributed by atoms with Gasteiger partial charge in [0.25, 0.3) is 0 Å². The average molecular weight is 527 g/mol. The second kappa shape index (κ2) is 10.2. The summed E-state index contributed by atoms with van der Waals surface area (Å²) < 4.78 is 99.1. The number of ether oxygens (including phenoxy) is 1. The summed E-state index contributed by atoms with van der Waals surface area (Å²) in [6.07, 6.45) is -6.79. The van der Waals surface area contributed by atoms with Crippen LogP contribution in [0.25, 0.3) is 0 Å². The van der Waals surface area contributed by atoms with Crippen LogP contribution in [0.1, 0.15) is 57.4 Å². The zero-order valence-corrected chi connectivity index (χ0v) is 20.8. The molecular weight excluding hydrogens is 495 g/mol. The van der Waals surface area contributed by atoms with E-state index in [0.29, 0.717) is 12.0 Å². The first kappa shape index (κ1) is 27.6. The van der Waals surface area contributed by atoms with E-state index < -0.39 is 52.6 Å². The summed E-state index contributed by atoms with van der Waals surface area (Å²) in [4.78, 5) is 14.3. The van der Waals surface area contributed by atoms with Gasteiger partial charge in [0.15, 0.2) is 0 Å². The zero-order chi connectivity index (χ0) is 26.2. The van der Waals surface area contributed by atoms with Crippen molar-refractivity contribution in [2.24, 2.45) is 0 Å². The van der Waals surface area contributed by atoms with Crippen LogP contribution in [0.3, 0.4) is 0 Å². The lowest BCUT2D eigenvalue weighted by molar-refractivity contribution is -0.149. The van der Waals surface area contributed by atoms with Gasteiger partial charge in [0.05, 0.1) is 6.42 Å². The van der Waals surface area contributed by atoms with Crippen LogP contribution in [0.2, 0.25) is 0 Å². The highest BCUT2D eigenvalue weighted by molar-refractivity contribution is 7.89. The minimum Gasteiger partial charge on any atom is -0.489 e. The second-order valence-corrected chi connectivity index (χ2v) is 11.4. The Bertz CT molecular complexity index is 1020. The largest absolute Gasteiger partial charge is 0.489 e. The number of amides is 1. The first-order chi connectivity index (χ1) is 16.1. The van der Waals surface area contributed by atoms with Crippen LogP contribution in [0, 0.1) is 6.92 Å². The molecule has 2 fully saturated rings. The number of rotatable bonds is 7. The molecule has 35 heavy (non-hydrogen) atoms. The summed E-state index contributed by atoms with van der Waals surface area (Å²) in [6.45, 7) is 2.92. The third-order valence-corrected chi connectivity index (χ3v) is 8.55. The molecule has 0 bridgehead atoms. The number of carbonyl (C=O) groups is 1. The molecule has 1 aliphatic carbocycles.